The third kappa shape index (κ3) is 7.51. The van der Waals surface area contributed by atoms with E-state index in [9.17, 15) is 10.2 Å². The maximum Gasteiger partial charge on any atom is 0.290 e. The molecule has 0 aromatic carbocycles. The molecule has 0 bridgehead atoms. The summed E-state index contributed by atoms with van der Waals surface area (Å²) in [6, 6.07) is 0. The van der Waals surface area contributed by atoms with Crippen LogP contribution in [0.3, 0.4) is 0 Å². The summed E-state index contributed by atoms with van der Waals surface area (Å²) in [5.41, 5.74) is -0.650. The second-order valence-electron chi connectivity index (χ2n) is 5.37. The first kappa shape index (κ1) is 23.5. The van der Waals surface area contributed by atoms with E-state index in [1.165, 1.54) is 0 Å². The lowest BCUT2D eigenvalue weighted by molar-refractivity contribution is -0.248. The monoisotopic (exact) mass is 324 g/mol. The van der Waals surface area contributed by atoms with Crippen molar-refractivity contribution in [2.45, 2.75) is 77.7 Å². The van der Waals surface area contributed by atoms with E-state index < -0.39 is 30.0 Å². The average molecular weight is 324 g/mol. The first-order chi connectivity index (χ1) is 10.2. The summed E-state index contributed by atoms with van der Waals surface area (Å²) in [6.45, 7) is 11.4. The molecule has 7 nitrogen and oxygen atoms in total. The number of hydrogen-bond donors (Lipinski definition) is 3. The highest BCUT2D eigenvalue weighted by atomic mass is 16.6. The van der Waals surface area contributed by atoms with Crippen molar-refractivity contribution in [2.24, 2.45) is 0 Å². The molecule has 1 fully saturated rings. The molecular formula is C15H32O7. The number of rotatable bonds is 4. The number of hydrogen-bond acceptors (Lipinski definition) is 6. The number of methoxy groups -OCH3 is 1. The molecule has 0 spiro atoms. The van der Waals surface area contributed by atoms with Gasteiger partial charge in [0.25, 0.3) is 6.47 Å². The van der Waals surface area contributed by atoms with Crippen LogP contribution < -0.4 is 0 Å². The van der Waals surface area contributed by atoms with Crippen LogP contribution in [0, 0.1) is 0 Å². The first-order valence-electron chi connectivity index (χ1n) is 7.47. The largest absolute Gasteiger partial charge is 0.483 e. The Morgan fingerprint density at radius 2 is 1.68 bits per heavy atom. The van der Waals surface area contributed by atoms with E-state index in [-0.39, 0.29) is 19.2 Å². The fraction of sp³-hybridized carbons (Fsp3) is 0.933. The van der Waals surface area contributed by atoms with Crippen LogP contribution in [0.2, 0.25) is 0 Å². The van der Waals surface area contributed by atoms with Gasteiger partial charge < -0.3 is 29.5 Å². The first-order valence-corrected chi connectivity index (χ1v) is 7.47. The molecule has 22 heavy (non-hydrogen) atoms. The van der Waals surface area contributed by atoms with Gasteiger partial charge in [-0.05, 0) is 27.7 Å². The molecule has 1 rings (SSSR count). The minimum absolute atomic E-state index is 0.0163. The normalized spacial score (nSPS) is 28.1. The molecule has 3 N–H and O–H groups in total. The molecule has 0 amide bonds. The fourth-order valence-corrected chi connectivity index (χ4v) is 1.99. The van der Waals surface area contributed by atoms with Gasteiger partial charge in [0.2, 0.25) is 0 Å². The molecule has 0 aromatic rings. The summed E-state index contributed by atoms with van der Waals surface area (Å²) in [7, 11) is 1.55. The summed E-state index contributed by atoms with van der Waals surface area (Å²) in [6.07, 6.45) is -3.03. The van der Waals surface area contributed by atoms with Crippen LogP contribution in [-0.2, 0) is 19.0 Å². The van der Waals surface area contributed by atoms with Crippen LogP contribution in [0.25, 0.3) is 0 Å². The van der Waals surface area contributed by atoms with Crippen LogP contribution in [0.5, 0.6) is 0 Å². The lowest BCUT2D eigenvalue weighted by Gasteiger charge is -2.44. The van der Waals surface area contributed by atoms with Crippen molar-refractivity contribution in [3.8, 4) is 0 Å². The van der Waals surface area contributed by atoms with Gasteiger partial charge in [0.15, 0.2) is 0 Å². The summed E-state index contributed by atoms with van der Waals surface area (Å²) >= 11 is 0. The van der Waals surface area contributed by atoms with E-state index in [0.717, 1.165) is 0 Å². The van der Waals surface area contributed by atoms with Gasteiger partial charge in [0.05, 0.1) is 18.3 Å². The Hall–Kier alpha value is -0.730. The second kappa shape index (κ2) is 11.8. The van der Waals surface area contributed by atoms with Crippen molar-refractivity contribution < 1.29 is 34.3 Å². The standard InChI is InChI=1S/C12H24O5.C2H6.CH2O2/c1-7(2)17-8-6-16-11(10(14)9(8)13)12(3,4)15-5;1-2;2-1-3/h7-11,13-14H,6H2,1-5H3;1-2H3;1H,(H,2,3)/t8-,9?,10?,11?;;/m1../s1. The molecule has 0 radical (unpaired) electrons. The molecule has 1 aliphatic rings. The molecule has 0 aromatic heterocycles. The van der Waals surface area contributed by atoms with Crippen LogP contribution in [0.1, 0.15) is 41.5 Å². The van der Waals surface area contributed by atoms with Crippen LogP contribution in [0.15, 0.2) is 0 Å². The topological polar surface area (TPSA) is 105 Å². The van der Waals surface area contributed by atoms with Crippen LogP contribution >= 0.6 is 0 Å². The zero-order chi connectivity index (χ0) is 17.9. The van der Waals surface area contributed by atoms with Gasteiger partial charge in [-0.1, -0.05) is 13.8 Å². The van der Waals surface area contributed by atoms with Crippen molar-refractivity contribution in [3.05, 3.63) is 0 Å². The summed E-state index contributed by atoms with van der Waals surface area (Å²) in [5.74, 6) is 0. The molecule has 0 saturated carbocycles. The Morgan fingerprint density at radius 3 is 2.05 bits per heavy atom. The van der Waals surface area contributed by atoms with Gasteiger partial charge in [0.1, 0.15) is 24.4 Å². The molecule has 1 aliphatic heterocycles. The Morgan fingerprint density at radius 1 is 1.23 bits per heavy atom. The predicted molar refractivity (Wildman–Crippen MR) is 82.9 cm³/mol. The smallest absolute Gasteiger partial charge is 0.290 e. The Balaban J connectivity index is 0. The van der Waals surface area contributed by atoms with Gasteiger partial charge in [0, 0.05) is 7.11 Å². The zero-order valence-electron chi connectivity index (χ0n) is 14.6. The third-order valence-corrected chi connectivity index (χ3v) is 3.14. The SMILES string of the molecule is CC.COC(C)(C)C1OC[C@@H](OC(C)C)C(O)C1O.O=CO. The van der Waals surface area contributed by atoms with E-state index in [1.807, 2.05) is 41.5 Å². The number of carboxylic acid groups (broad SMARTS) is 1. The molecule has 3 unspecified atom stereocenters. The van der Waals surface area contributed by atoms with Gasteiger partial charge in [-0.25, -0.2) is 0 Å². The molecule has 1 heterocycles. The summed E-state index contributed by atoms with van der Waals surface area (Å²) in [5, 5.41) is 26.9. The highest BCUT2D eigenvalue weighted by Gasteiger charge is 2.46. The van der Waals surface area contributed by atoms with E-state index in [4.69, 9.17) is 24.1 Å². The lowest BCUT2D eigenvalue weighted by atomic mass is 9.89. The zero-order valence-corrected chi connectivity index (χ0v) is 14.6. The average Bonchev–Trinajstić information content (AvgIpc) is 2.46. The van der Waals surface area contributed by atoms with E-state index in [0.29, 0.717) is 0 Å². The van der Waals surface area contributed by atoms with Crippen molar-refractivity contribution >= 4 is 6.47 Å². The quantitative estimate of drug-likeness (QED) is 0.664. The summed E-state index contributed by atoms with van der Waals surface area (Å²) < 4.78 is 16.3. The van der Waals surface area contributed by atoms with Crippen LogP contribution in [-0.4, -0.2) is 71.6 Å². The molecule has 4 atom stereocenters. The van der Waals surface area contributed by atoms with Crippen molar-refractivity contribution in [1.29, 1.82) is 0 Å². The van der Waals surface area contributed by atoms with E-state index in [2.05, 4.69) is 0 Å². The maximum atomic E-state index is 10.1. The molecule has 1 saturated heterocycles. The van der Waals surface area contributed by atoms with Crippen molar-refractivity contribution in [1.82, 2.24) is 0 Å². The Labute approximate surface area is 133 Å². The van der Waals surface area contributed by atoms with Gasteiger partial charge >= 0.3 is 0 Å². The van der Waals surface area contributed by atoms with Gasteiger partial charge in [-0.2, -0.15) is 0 Å². The maximum absolute atomic E-state index is 10.1. The second-order valence-corrected chi connectivity index (χ2v) is 5.37. The molecule has 134 valence electrons. The van der Waals surface area contributed by atoms with Crippen molar-refractivity contribution in [3.63, 3.8) is 0 Å². The number of ether oxygens (including phenoxy) is 3. The summed E-state index contributed by atoms with van der Waals surface area (Å²) in [4.78, 5) is 8.36. The van der Waals surface area contributed by atoms with E-state index >= 15 is 0 Å². The fourth-order valence-electron chi connectivity index (χ4n) is 1.99. The lowest BCUT2D eigenvalue weighted by Crippen LogP contribution is -2.61. The minimum Gasteiger partial charge on any atom is -0.483 e. The van der Waals surface area contributed by atoms with Crippen molar-refractivity contribution in [2.75, 3.05) is 13.7 Å². The number of carbonyl (C=O) groups is 1. The number of aliphatic hydroxyl groups is 2. The third-order valence-electron chi connectivity index (χ3n) is 3.14. The number of aliphatic hydroxyl groups excluding tert-OH is 2. The van der Waals surface area contributed by atoms with Gasteiger partial charge in [-0.15, -0.1) is 0 Å². The minimum atomic E-state index is -1.01. The predicted octanol–water partition coefficient (Wildman–Crippen LogP) is 1.05. The molecular weight excluding hydrogens is 292 g/mol. The Bertz CT molecular complexity index is 281. The highest BCUT2D eigenvalue weighted by Crippen LogP contribution is 2.28. The molecule has 0 aliphatic carbocycles. The Kier molecular flexibility index (Phi) is 12.6. The van der Waals surface area contributed by atoms with E-state index in [1.54, 1.807) is 7.11 Å². The van der Waals surface area contributed by atoms with Gasteiger partial charge in [-0.3, -0.25) is 4.79 Å². The van der Waals surface area contributed by atoms with Crippen LogP contribution in [0.4, 0.5) is 0 Å². The molecule has 7 heteroatoms. The highest BCUT2D eigenvalue weighted by molar-refractivity contribution is 5.32.